The van der Waals surface area contributed by atoms with Crippen LogP contribution in [0.4, 0.5) is 0 Å². The van der Waals surface area contributed by atoms with Crippen molar-refractivity contribution in [2.45, 2.75) is 64.2 Å². The Morgan fingerprint density at radius 2 is 1.00 bits per heavy atom. The lowest BCUT2D eigenvalue weighted by Gasteiger charge is -2.24. The van der Waals surface area contributed by atoms with E-state index in [1.54, 1.807) is 42.5 Å². The normalized spacial score (nSPS) is 12.9. The molecule has 0 spiro atoms. The van der Waals surface area contributed by atoms with E-state index in [1.807, 2.05) is 42.5 Å². The highest BCUT2D eigenvalue weighted by atomic mass is 16.5. The van der Waals surface area contributed by atoms with Crippen LogP contribution in [0, 0.1) is 12.5 Å². The summed E-state index contributed by atoms with van der Waals surface area (Å²) >= 11 is 0. The van der Waals surface area contributed by atoms with Crippen molar-refractivity contribution in [2.75, 3.05) is 13.2 Å². The van der Waals surface area contributed by atoms with Crippen LogP contribution in [0.15, 0.2) is 84.9 Å². The molecule has 47 heavy (non-hydrogen) atoms. The highest BCUT2D eigenvalue weighted by Gasteiger charge is 2.27. The average Bonchev–Trinajstić information content (AvgIpc) is 3.10. The third-order valence-corrected chi connectivity index (χ3v) is 8.54. The molecule has 1 N–H and O–H groups in total. The number of fused-ring (bicyclic) bond motifs is 4. The third-order valence-electron chi connectivity index (χ3n) is 8.54. The van der Waals surface area contributed by atoms with Gasteiger partial charge in [-0.3, -0.25) is 0 Å². The number of rotatable bonds is 15. The van der Waals surface area contributed by atoms with Crippen LogP contribution in [-0.4, -0.2) is 30.3 Å². The molecule has 0 amide bonds. The van der Waals surface area contributed by atoms with Gasteiger partial charge >= 0.3 is 11.9 Å². The molecule has 0 unspecified atom stereocenters. The minimum Gasteiger partial charge on any atom is -0.462 e. The summed E-state index contributed by atoms with van der Waals surface area (Å²) in [6.07, 6.45) is 12.9. The Kier molecular flexibility index (Phi) is 10.9. The molecule has 0 aliphatic carbocycles. The molecule has 2 aliphatic rings. The number of unbranched alkanes of at least 4 members (excludes halogenated alkanes) is 9. The van der Waals surface area contributed by atoms with Crippen LogP contribution < -0.4 is 9.47 Å². The van der Waals surface area contributed by atoms with Crippen LogP contribution in [0.2, 0.25) is 0 Å². The van der Waals surface area contributed by atoms with Gasteiger partial charge in [-0.1, -0.05) is 99.9 Å². The van der Waals surface area contributed by atoms with Crippen LogP contribution in [0.5, 0.6) is 23.0 Å². The van der Waals surface area contributed by atoms with Crippen molar-refractivity contribution in [1.29, 1.82) is 0 Å². The van der Waals surface area contributed by atoms with Gasteiger partial charge in [0.05, 0.1) is 24.3 Å². The van der Waals surface area contributed by atoms with Gasteiger partial charge in [0.1, 0.15) is 23.0 Å². The maximum absolute atomic E-state index is 12.6. The van der Waals surface area contributed by atoms with Gasteiger partial charge in [-0.05, 0) is 49.2 Å². The lowest BCUT2D eigenvalue weighted by atomic mass is 9.96. The Hall–Kier alpha value is -4.62. The second-order valence-corrected chi connectivity index (χ2v) is 12.0. The molecule has 242 valence electrons. The van der Waals surface area contributed by atoms with E-state index in [1.165, 1.54) is 25.7 Å². The lowest BCUT2D eigenvalue weighted by molar-refractivity contribution is 0.0488. The SMILES string of the molecule is O=C(OCCCCCCCCCCCCOC(=O)c1ccc2c(c1)Oc1ccccc1[C]2O)c1ccc2c(c1)Oc1ccccc1[CH]2. The highest BCUT2D eigenvalue weighted by Crippen LogP contribution is 2.42. The number of aliphatic hydroxyl groups is 1. The van der Waals surface area contributed by atoms with Crippen molar-refractivity contribution in [3.63, 3.8) is 0 Å². The predicted octanol–water partition coefficient (Wildman–Crippen LogP) is 9.71. The van der Waals surface area contributed by atoms with E-state index >= 15 is 0 Å². The zero-order valence-electron chi connectivity index (χ0n) is 26.5. The zero-order valence-corrected chi connectivity index (χ0v) is 26.5. The summed E-state index contributed by atoms with van der Waals surface area (Å²) in [4.78, 5) is 25.1. The number of benzene rings is 4. The molecule has 0 atom stereocenters. The summed E-state index contributed by atoms with van der Waals surface area (Å²) in [5.74, 6) is 1.77. The molecule has 4 aromatic carbocycles. The van der Waals surface area contributed by atoms with E-state index in [9.17, 15) is 14.7 Å². The molecule has 7 heteroatoms. The first-order valence-electron chi connectivity index (χ1n) is 16.6. The van der Waals surface area contributed by atoms with Crippen molar-refractivity contribution >= 4 is 11.9 Å². The molecule has 7 nitrogen and oxygen atoms in total. The standard InChI is InChI=1S/C40H40O7/c41-38-32-16-10-12-18-35(32)47-37-27-31(21-22-33(37)38)40(43)45-24-14-8-6-4-2-1-3-5-7-13-23-44-39(42)30-20-19-29-25-28-15-9-11-17-34(28)46-36(29)26-30/h9-12,15-22,25-27,41H,1-8,13-14,23-24H2. The van der Waals surface area contributed by atoms with Gasteiger partial charge < -0.3 is 24.1 Å². The van der Waals surface area contributed by atoms with Crippen LogP contribution >= 0.6 is 0 Å². The number of carbonyl (C=O) groups is 2. The van der Waals surface area contributed by atoms with E-state index in [4.69, 9.17) is 18.9 Å². The van der Waals surface area contributed by atoms with Gasteiger partial charge in [-0.2, -0.15) is 0 Å². The maximum atomic E-state index is 12.6. The van der Waals surface area contributed by atoms with E-state index in [0.717, 1.165) is 55.4 Å². The summed E-state index contributed by atoms with van der Waals surface area (Å²) in [6, 6.07) is 25.5. The van der Waals surface area contributed by atoms with Gasteiger partial charge in [0, 0.05) is 28.7 Å². The van der Waals surface area contributed by atoms with Crippen molar-refractivity contribution in [3.05, 3.63) is 131 Å². The van der Waals surface area contributed by atoms with Crippen LogP contribution in [0.3, 0.4) is 0 Å². The lowest BCUT2D eigenvalue weighted by Crippen LogP contribution is -2.12. The quantitative estimate of drug-likeness (QED) is 0.0907. The fourth-order valence-electron chi connectivity index (χ4n) is 5.91. The molecule has 0 bridgehead atoms. The van der Waals surface area contributed by atoms with Crippen LogP contribution in [0.25, 0.3) is 0 Å². The van der Waals surface area contributed by atoms with Gasteiger partial charge in [-0.15, -0.1) is 0 Å². The van der Waals surface area contributed by atoms with Gasteiger partial charge in [0.2, 0.25) is 0 Å². The molecule has 0 aromatic heterocycles. The number of esters is 2. The highest BCUT2D eigenvalue weighted by molar-refractivity contribution is 5.91. The Labute approximate surface area is 276 Å². The average molecular weight is 633 g/mol. The second-order valence-electron chi connectivity index (χ2n) is 12.0. The molecule has 0 saturated heterocycles. The molecule has 2 aliphatic heterocycles. The summed E-state index contributed by atoms with van der Waals surface area (Å²) in [7, 11) is 0. The predicted molar refractivity (Wildman–Crippen MR) is 179 cm³/mol. The first-order valence-corrected chi connectivity index (χ1v) is 16.6. The summed E-state index contributed by atoms with van der Waals surface area (Å²) in [5.41, 5.74) is 4.09. The van der Waals surface area contributed by atoms with E-state index in [2.05, 4.69) is 6.42 Å². The van der Waals surface area contributed by atoms with Gasteiger partial charge in [0.25, 0.3) is 0 Å². The maximum Gasteiger partial charge on any atom is 0.338 e. The molecule has 6 rings (SSSR count). The Bertz CT molecular complexity index is 1690. The molecule has 2 radical (unpaired) electrons. The molecule has 4 aromatic rings. The number of hydrogen-bond acceptors (Lipinski definition) is 7. The smallest absolute Gasteiger partial charge is 0.338 e. The van der Waals surface area contributed by atoms with E-state index in [0.29, 0.717) is 52.7 Å². The van der Waals surface area contributed by atoms with Crippen LogP contribution in [-0.2, 0) is 9.47 Å². The van der Waals surface area contributed by atoms with E-state index in [-0.39, 0.29) is 18.0 Å². The fraction of sp³-hybridized carbons (Fsp3) is 0.300. The fourth-order valence-corrected chi connectivity index (χ4v) is 5.91. The van der Waals surface area contributed by atoms with Crippen molar-refractivity contribution < 1.29 is 33.6 Å². The first-order chi connectivity index (χ1) is 23.1. The molecule has 2 heterocycles. The Balaban J connectivity index is 0.769. The molecule has 0 fully saturated rings. The number of para-hydroxylation sites is 2. The van der Waals surface area contributed by atoms with Crippen LogP contribution in [0.1, 0.15) is 107 Å². The Morgan fingerprint density at radius 3 is 1.68 bits per heavy atom. The number of carbonyl (C=O) groups excluding carboxylic acids is 2. The zero-order chi connectivity index (χ0) is 32.4. The van der Waals surface area contributed by atoms with E-state index < -0.39 is 0 Å². The van der Waals surface area contributed by atoms with Crippen molar-refractivity contribution in [1.82, 2.24) is 0 Å². The van der Waals surface area contributed by atoms with Crippen molar-refractivity contribution in [3.8, 4) is 23.0 Å². The number of aliphatic hydroxyl groups excluding tert-OH is 1. The number of ether oxygens (including phenoxy) is 4. The minimum atomic E-state index is -0.386. The summed E-state index contributed by atoms with van der Waals surface area (Å²) < 4.78 is 22.9. The molecule has 0 saturated carbocycles. The monoisotopic (exact) mass is 632 g/mol. The summed E-state index contributed by atoms with van der Waals surface area (Å²) in [6.45, 7) is 0.808. The summed E-state index contributed by atoms with van der Waals surface area (Å²) in [5, 5.41) is 10.6. The van der Waals surface area contributed by atoms with Crippen molar-refractivity contribution in [2.24, 2.45) is 0 Å². The van der Waals surface area contributed by atoms with Gasteiger partial charge in [-0.25, -0.2) is 9.59 Å². The minimum absolute atomic E-state index is 0.143. The second kappa shape index (κ2) is 15.8. The third kappa shape index (κ3) is 8.22. The Morgan fingerprint density at radius 1 is 0.511 bits per heavy atom. The molecular weight excluding hydrogens is 592 g/mol. The molecular formula is C40H40O7. The largest absolute Gasteiger partial charge is 0.462 e. The van der Waals surface area contributed by atoms with Gasteiger partial charge in [0.15, 0.2) is 6.10 Å². The topological polar surface area (TPSA) is 91.3 Å². The first kappa shape index (κ1) is 32.3. The number of hydrogen-bond donors (Lipinski definition) is 1.